The van der Waals surface area contributed by atoms with E-state index in [-0.39, 0.29) is 5.41 Å². The summed E-state index contributed by atoms with van der Waals surface area (Å²) in [6.45, 7) is 11.1. The Hall–Kier alpha value is -2.40. The Bertz CT molecular complexity index is 822. The Morgan fingerprint density at radius 3 is 2.68 bits per heavy atom. The molecule has 0 saturated carbocycles. The molecule has 0 fully saturated rings. The second kappa shape index (κ2) is 7.23. The molecule has 0 amide bonds. The molecule has 25 heavy (non-hydrogen) atoms. The number of imidazole rings is 1. The summed E-state index contributed by atoms with van der Waals surface area (Å²) in [5.74, 6) is 1.04. The van der Waals surface area contributed by atoms with Gasteiger partial charge in [0, 0.05) is 48.7 Å². The first kappa shape index (κ1) is 17.4. The van der Waals surface area contributed by atoms with Gasteiger partial charge in [0.05, 0.1) is 6.20 Å². The van der Waals surface area contributed by atoms with Gasteiger partial charge in [-0.25, -0.2) is 4.98 Å². The normalized spacial score (nSPS) is 11.8. The number of rotatable bonds is 6. The van der Waals surface area contributed by atoms with Crippen LogP contribution in [0.2, 0.25) is 0 Å². The van der Waals surface area contributed by atoms with Gasteiger partial charge >= 0.3 is 0 Å². The standard InChI is InChI=1S/C20H27N5/c1-15-22-8-9-25(15)14-17-7-5-6-16(10-17)11-21-12-18-13-23-24-19(18)20(2,3)4/h5-10,13,21H,11-12,14H2,1-4H3,(H,23,24). The number of H-pyrrole nitrogens is 1. The van der Waals surface area contributed by atoms with Crippen LogP contribution in [0.3, 0.4) is 0 Å². The largest absolute Gasteiger partial charge is 0.331 e. The van der Waals surface area contributed by atoms with Gasteiger partial charge in [-0.3, -0.25) is 5.10 Å². The lowest BCUT2D eigenvalue weighted by atomic mass is 9.89. The monoisotopic (exact) mass is 337 g/mol. The van der Waals surface area contributed by atoms with Crippen LogP contribution in [0.15, 0.2) is 42.9 Å². The topological polar surface area (TPSA) is 58.5 Å². The molecule has 132 valence electrons. The van der Waals surface area contributed by atoms with Gasteiger partial charge in [-0.1, -0.05) is 45.0 Å². The number of nitrogens with zero attached hydrogens (tertiary/aromatic N) is 3. The first-order chi connectivity index (χ1) is 11.9. The molecule has 0 bridgehead atoms. The first-order valence-electron chi connectivity index (χ1n) is 8.72. The maximum Gasteiger partial charge on any atom is 0.105 e. The van der Waals surface area contributed by atoms with Crippen LogP contribution < -0.4 is 5.32 Å². The smallest absolute Gasteiger partial charge is 0.105 e. The van der Waals surface area contributed by atoms with Gasteiger partial charge in [0.1, 0.15) is 5.82 Å². The van der Waals surface area contributed by atoms with Crippen LogP contribution >= 0.6 is 0 Å². The lowest BCUT2D eigenvalue weighted by molar-refractivity contribution is 0.553. The molecule has 0 aliphatic rings. The van der Waals surface area contributed by atoms with Crippen molar-refractivity contribution in [3.05, 3.63) is 71.1 Å². The molecule has 2 heterocycles. The lowest BCUT2D eigenvalue weighted by Gasteiger charge is -2.18. The second-order valence-corrected chi connectivity index (χ2v) is 7.55. The van der Waals surface area contributed by atoms with E-state index in [9.17, 15) is 0 Å². The van der Waals surface area contributed by atoms with Crippen LogP contribution in [-0.2, 0) is 25.0 Å². The molecule has 0 aliphatic heterocycles. The fraction of sp³-hybridized carbons (Fsp3) is 0.400. The van der Waals surface area contributed by atoms with Crippen molar-refractivity contribution < 1.29 is 0 Å². The van der Waals surface area contributed by atoms with Crippen molar-refractivity contribution in [3.8, 4) is 0 Å². The predicted octanol–water partition coefficient (Wildman–Crippen LogP) is 3.55. The lowest BCUT2D eigenvalue weighted by Crippen LogP contribution is -2.19. The van der Waals surface area contributed by atoms with Crippen molar-refractivity contribution in [3.63, 3.8) is 0 Å². The zero-order chi connectivity index (χ0) is 17.9. The number of hydrogen-bond donors (Lipinski definition) is 2. The van der Waals surface area contributed by atoms with Crippen molar-refractivity contribution >= 4 is 0 Å². The van der Waals surface area contributed by atoms with Crippen molar-refractivity contribution in [1.82, 2.24) is 25.1 Å². The molecular weight excluding hydrogens is 310 g/mol. The molecule has 2 N–H and O–H groups in total. The van der Waals surface area contributed by atoms with Crippen molar-refractivity contribution in [2.24, 2.45) is 0 Å². The number of aryl methyl sites for hydroxylation is 1. The van der Waals surface area contributed by atoms with Crippen LogP contribution in [-0.4, -0.2) is 19.7 Å². The fourth-order valence-corrected chi connectivity index (χ4v) is 3.04. The highest BCUT2D eigenvalue weighted by Gasteiger charge is 2.19. The zero-order valence-corrected chi connectivity index (χ0v) is 15.5. The number of benzene rings is 1. The van der Waals surface area contributed by atoms with Crippen molar-refractivity contribution in [2.45, 2.75) is 52.7 Å². The minimum absolute atomic E-state index is 0.0795. The third-order valence-corrected chi connectivity index (χ3v) is 4.38. The highest BCUT2D eigenvalue weighted by atomic mass is 15.1. The molecule has 3 rings (SSSR count). The highest BCUT2D eigenvalue weighted by molar-refractivity contribution is 5.25. The average molecular weight is 337 g/mol. The van der Waals surface area contributed by atoms with E-state index in [2.05, 4.69) is 70.1 Å². The van der Waals surface area contributed by atoms with Gasteiger partial charge in [0.2, 0.25) is 0 Å². The SMILES string of the molecule is Cc1nccn1Cc1cccc(CNCc2cn[nH]c2C(C)(C)C)c1. The summed E-state index contributed by atoms with van der Waals surface area (Å²) in [7, 11) is 0. The summed E-state index contributed by atoms with van der Waals surface area (Å²) in [5, 5.41) is 10.9. The van der Waals surface area contributed by atoms with Gasteiger partial charge in [0.15, 0.2) is 0 Å². The van der Waals surface area contributed by atoms with Crippen LogP contribution in [0.4, 0.5) is 0 Å². The number of hydrogen-bond acceptors (Lipinski definition) is 3. The maximum absolute atomic E-state index is 4.28. The number of aromatic nitrogens is 4. The highest BCUT2D eigenvalue weighted by Crippen LogP contribution is 2.23. The van der Waals surface area contributed by atoms with E-state index in [0.717, 1.165) is 25.5 Å². The molecule has 0 spiro atoms. The van der Waals surface area contributed by atoms with Gasteiger partial charge in [-0.15, -0.1) is 0 Å². The molecule has 0 unspecified atom stereocenters. The maximum atomic E-state index is 4.28. The minimum atomic E-state index is 0.0795. The molecule has 1 aromatic carbocycles. The van der Waals surface area contributed by atoms with E-state index < -0.39 is 0 Å². The third-order valence-electron chi connectivity index (χ3n) is 4.38. The number of aromatic amines is 1. The van der Waals surface area contributed by atoms with E-state index in [1.54, 1.807) is 0 Å². The Labute approximate surface area is 149 Å². The minimum Gasteiger partial charge on any atom is -0.331 e. The van der Waals surface area contributed by atoms with Crippen LogP contribution in [0.5, 0.6) is 0 Å². The molecule has 0 aliphatic carbocycles. The second-order valence-electron chi connectivity index (χ2n) is 7.55. The van der Waals surface area contributed by atoms with E-state index in [0.29, 0.717) is 0 Å². The number of nitrogens with one attached hydrogen (secondary N) is 2. The molecule has 5 nitrogen and oxygen atoms in total. The Morgan fingerprint density at radius 1 is 1.16 bits per heavy atom. The molecule has 0 atom stereocenters. The summed E-state index contributed by atoms with van der Waals surface area (Å²) < 4.78 is 2.16. The van der Waals surface area contributed by atoms with Gasteiger partial charge in [-0.2, -0.15) is 5.10 Å². The van der Waals surface area contributed by atoms with E-state index in [1.165, 1.54) is 22.4 Å². The summed E-state index contributed by atoms with van der Waals surface area (Å²) in [4.78, 5) is 4.28. The quantitative estimate of drug-likeness (QED) is 0.723. The Kier molecular flexibility index (Phi) is 5.04. The zero-order valence-electron chi connectivity index (χ0n) is 15.5. The van der Waals surface area contributed by atoms with Gasteiger partial charge < -0.3 is 9.88 Å². The molecular formula is C20H27N5. The van der Waals surface area contributed by atoms with E-state index >= 15 is 0 Å². The summed E-state index contributed by atoms with van der Waals surface area (Å²) in [6.07, 6.45) is 5.79. The van der Waals surface area contributed by atoms with Crippen LogP contribution in [0.25, 0.3) is 0 Å². The molecule has 3 aromatic rings. The predicted molar refractivity (Wildman–Crippen MR) is 100 cm³/mol. The summed E-state index contributed by atoms with van der Waals surface area (Å²) >= 11 is 0. The molecule has 0 saturated heterocycles. The first-order valence-corrected chi connectivity index (χ1v) is 8.72. The van der Waals surface area contributed by atoms with Crippen molar-refractivity contribution in [2.75, 3.05) is 0 Å². The van der Waals surface area contributed by atoms with Gasteiger partial charge in [0.25, 0.3) is 0 Å². The van der Waals surface area contributed by atoms with Crippen LogP contribution in [0, 0.1) is 6.92 Å². The summed E-state index contributed by atoms with van der Waals surface area (Å²) in [6, 6.07) is 8.71. The van der Waals surface area contributed by atoms with Crippen LogP contribution in [0.1, 0.15) is 49.0 Å². The molecule has 2 aromatic heterocycles. The Morgan fingerprint density at radius 2 is 1.96 bits per heavy atom. The van der Waals surface area contributed by atoms with Crippen molar-refractivity contribution in [1.29, 1.82) is 0 Å². The average Bonchev–Trinajstić information content (AvgIpc) is 3.17. The van der Waals surface area contributed by atoms with E-state index in [1.807, 2.05) is 25.5 Å². The van der Waals surface area contributed by atoms with Gasteiger partial charge in [-0.05, 0) is 18.1 Å². The van der Waals surface area contributed by atoms with E-state index in [4.69, 9.17) is 0 Å². The molecule has 5 heteroatoms. The molecule has 0 radical (unpaired) electrons. The summed E-state index contributed by atoms with van der Waals surface area (Å²) in [5.41, 5.74) is 5.09. The Balaban J connectivity index is 1.60. The fourth-order valence-electron chi connectivity index (χ4n) is 3.04. The third kappa shape index (κ3) is 4.37.